The monoisotopic (exact) mass is 294 g/mol. The van der Waals surface area contributed by atoms with Gasteiger partial charge in [0.25, 0.3) is 0 Å². The fraction of sp³-hybridized carbons (Fsp3) is 0.467. The molecule has 1 aliphatic rings. The van der Waals surface area contributed by atoms with Crippen LogP contribution in [0.1, 0.15) is 18.4 Å². The molecule has 0 spiro atoms. The molecule has 2 amide bonds. The predicted molar refractivity (Wildman–Crippen MR) is 74.9 cm³/mol. The Hall–Kier alpha value is -2.11. The Morgan fingerprint density at radius 2 is 2.00 bits per heavy atom. The van der Waals surface area contributed by atoms with Crippen molar-refractivity contribution in [3.8, 4) is 0 Å². The molecule has 2 rings (SSSR count). The molecule has 114 valence electrons. The number of amides is 2. The fourth-order valence-electron chi connectivity index (χ4n) is 2.42. The maximum absolute atomic E-state index is 13.5. The van der Waals surface area contributed by atoms with E-state index in [9.17, 15) is 14.0 Å². The van der Waals surface area contributed by atoms with E-state index >= 15 is 0 Å². The number of ether oxygens (including phenoxy) is 1. The number of rotatable bonds is 3. The molecule has 1 N–H and O–H groups in total. The second-order valence-corrected chi connectivity index (χ2v) is 5.04. The lowest BCUT2D eigenvalue weighted by molar-refractivity contribution is -0.126. The molecule has 0 bridgehead atoms. The van der Waals surface area contributed by atoms with Crippen molar-refractivity contribution in [1.29, 1.82) is 0 Å². The third-order valence-electron chi connectivity index (χ3n) is 3.71. The van der Waals surface area contributed by atoms with Gasteiger partial charge in [-0.1, -0.05) is 18.2 Å². The summed E-state index contributed by atoms with van der Waals surface area (Å²) < 4.78 is 18.1. The Balaban J connectivity index is 1.80. The van der Waals surface area contributed by atoms with Crippen molar-refractivity contribution in [2.75, 3.05) is 20.2 Å². The SMILES string of the molecule is COC(=O)N1CCC(C(=O)NCc2ccccc2F)CC1. The zero-order valence-corrected chi connectivity index (χ0v) is 12.0. The van der Waals surface area contributed by atoms with Crippen LogP contribution in [0.2, 0.25) is 0 Å². The lowest BCUT2D eigenvalue weighted by atomic mass is 9.96. The highest BCUT2D eigenvalue weighted by Crippen LogP contribution is 2.18. The van der Waals surface area contributed by atoms with Crippen LogP contribution in [0.25, 0.3) is 0 Å². The summed E-state index contributed by atoms with van der Waals surface area (Å²) in [5.74, 6) is -0.557. The number of methoxy groups -OCH3 is 1. The first-order valence-corrected chi connectivity index (χ1v) is 6.96. The van der Waals surface area contributed by atoms with Gasteiger partial charge in [-0.3, -0.25) is 4.79 Å². The lowest BCUT2D eigenvalue weighted by Crippen LogP contribution is -2.42. The molecule has 21 heavy (non-hydrogen) atoms. The zero-order valence-electron chi connectivity index (χ0n) is 12.0. The van der Waals surface area contributed by atoms with E-state index in [2.05, 4.69) is 10.1 Å². The van der Waals surface area contributed by atoms with E-state index in [4.69, 9.17) is 0 Å². The quantitative estimate of drug-likeness (QED) is 0.926. The van der Waals surface area contributed by atoms with Crippen LogP contribution in [-0.4, -0.2) is 37.1 Å². The summed E-state index contributed by atoms with van der Waals surface area (Å²) in [4.78, 5) is 25.0. The molecule has 1 heterocycles. The molecule has 6 heteroatoms. The number of hydrogen-bond acceptors (Lipinski definition) is 3. The van der Waals surface area contributed by atoms with E-state index in [0.29, 0.717) is 31.5 Å². The molecule has 5 nitrogen and oxygen atoms in total. The van der Waals surface area contributed by atoms with Crippen LogP contribution in [0, 0.1) is 11.7 Å². The lowest BCUT2D eigenvalue weighted by Gasteiger charge is -2.30. The van der Waals surface area contributed by atoms with E-state index in [1.165, 1.54) is 13.2 Å². The van der Waals surface area contributed by atoms with Crippen molar-refractivity contribution in [2.24, 2.45) is 5.92 Å². The maximum atomic E-state index is 13.5. The number of piperidine rings is 1. The number of carbonyl (C=O) groups excluding carboxylic acids is 2. The molecule has 1 aromatic rings. The average molecular weight is 294 g/mol. The van der Waals surface area contributed by atoms with E-state index in [0.717, 1.165) is 0 Å². The molecule has 1 aromatic carbocycles. The Kier molecular flexibility index (Phi) is 5.14. The van der Waals surface area contributed by atoms with Crippen LogP contribution in [0.3, 0.4) is 0 Å². The number of hydrogen-bond donors (Lipinski definition) is 1. The summed E-state index contributed by atoms with van der Waals surface area (Å²) in [5.41, 5.74) is 0.470. The third kappa shape index (κ3) is 3.93. The van der Waals surface area contributed by atoms with Crippen molar-refractivity contribution >= 4 is 12.0 Å². The highest BCUT2D eigenvalue weighted by molar-refractivity contribution is 5.79. The van der Waals surface area contributed by atoms with Crippen molar-refractivity contribution in [3.63, 3.8) is 0 Å². The standard InChI is InChI=1S/C15H19FN2O3/c1-21-15(20)18-8-6-11(7-9-18)14(19)17-10-12-4-2-3-5-13(12)16/h2-5,11H,6-10H2,1H3,(H,17,19). The predicted octanol–water partition coefficient (Wildman–Crippen LogP) is 1.92. The van der Waals surface area contributed by atoms with Crippen molar-refractivity contribution in [2.45, 2.75) is 19.4 Å². The Bertz CT molecular complexity index is 513. The maximum Gasteiger partial charge on any atom is 0.409 e. The largest absolute Gasteiger partial charge is 0.453 e. The molecule has 0 saturated carbocycles. The number of benzene rings is 1. The van der Waals surface area contributed by atoms with Crippen LogP contribution in [0.5, 0.6) is 0 Å². The number of carbonyl (C=O) groups is 2. The highest BCUT2D eigenvalue weighted by atomic mass is 19.1. The Morgan fingerprint density at radius 3 is 2.62 bits per heavy atom. The van der Waals surface area contributed by atoms with Gasteiger partial charge in [0.05, 0.1) is 7.11 Å². The first-order chi connectivity index (χ1) is 10.1. The van der Waals surface area contributed by atoms with E-state index in [1.807, 2.05) is 0 Å². The van der Waals surface area contributed by atoms with Gasteiger partial charge in [0, 0.05) is 31.1 Å². The summed E-state index contributed by atoms with van der Waals surface area (Å²) >= 11 is 0. The molecule has 0 atom stereocenters. The Labute approximate surface area is 123 Å². The van der Waals surface area contributed by atoms with Gasteiger partial charge < -0.3 is 15.0 Å². The second kappa shape index (κ2) is 7.06. The van der Waals surface area contributed by atoms with Crippen LogP contribution < -0.4 is 5.32 Å². The summed E-state index contributed by atoms with van der Waals surface area (Å²) in [5, 5.41) is 2.75. The number of nitrogens with zero attached hydrogens (tertiary/aromatic N) is 1. The van der Waals surface area contributed by atoms with E-state index in [-0.39, 0.29) is 30.3 Å². The number of likely N-dealkylation sites (tertiary alicyclic amines) is 1. The Morgan fingerprint density at radius 1 is 1.33 bits per heavy atom. The molecule has 0 aromatic heterocycles. The van der Waals surface area contributed by atoms with Crippen molar-refractivity contribution in [3.05, 3.63) is 35.6 Å². The number of halogens is 1. The van der Waals surface area contributed by atoms with Crippen LogP contribution in [0.15, 0.2) is 24.3 Å². The first-order valence-electron chi connectivity index (χ1n) is 6.96. The first kappa shape index (κ1) is 15.3. The van der Waals surface area contributed by atoms with Gasteiger partial charge >= 0.3 is 6.09 Å². The van der Waals surface area contributed by atoms with Gasteiger partial charge in [0.2, 0.25) is 5.91 Å². The van der Waals surface area contributed by atoms with Gasteiger partial charge in [-0.15, -0.1) is 0 Å². The minimum Gasteiger partial charge on any atom is -0.453 e. The molecule has 0 aliphatic carbocycles. The van der Waals surface area contributed by atoms with Gasteiger partial charge in [-0.25, -0.2) is 9.18 Å². The summed E-state index contributed by atoms with van der Waals surface area (Å²) in [6, 6.07) is 6.37. The van der Waals surface area contributed by atoms with E-state index < -0.39 is 0 Å². The van der Waals surface area contributed by atoms with E-state index in [1.54, 1.807) is 23.1 Å². The van der Waals surface area contributed by atoms with Crippen molar-refractivity contribution < 1.29 is 18.7 Å². The zero-order chi connectivity index (χ0) is 15.2. The van der Waals surface area contributed by atoms with Gasteiger partial charge in [-0.05, 0) is 18.9 Å². The second-order valence-electron chi connectivity index (χ2n) is 5.04. The average Bonchev–Trinajstić information content (AvgIpc) is 2.53. The smallest absolute Gasteiger partial charge is 0.409 e. The molecular formula is C15H19FN2O3. The molecule has 1 saturated heterocycles. The van der Waals surface area contributed by atoms with Gasteiger partial charge in [-0.2, -0.15) is 0 Å². The summed E-state index contributed by atoms with van der Waals surface area (Å²) in [7, 11) is 1.34. The molecule has 0 unspecified atom stereocenters. The van der Waals surface area contributed by atoms with Crippen LogP contribution in [0.4, 0.5) is 9.18 Å². The molecule has 0 radical (unpaired) electrons. The van der Waals surface area contributed by atoms with Crippen LogP contribution >= 0.6 is 0 Å². The minimum atomic E-state index is -0.361. The topological polar surface area (TPSA) is 58.6 Å². The minimum absolute atomic E-state index is 0.0947. The van der Waals surface area contributed by atoms with Crippen molar-refractivity contribution in [1.82, 2.24) is 10.2 Å². The van der Waals surface area contributed by atoms with Crippen LogP contribution in [-0.2, 0) is 16.1 Å². The summed E-state index contributed by atoms with van der Waals surface area (Å²) in [6.45, 7) is 1.19. The van der Waals surface area contributed by atoms with Gasteiger partial charge in [0.1, 0.15) is 5.82 Å². The fourth-order valence-corrected chi connectivity index (χ4v) is 2.42. The normalized spacial score (nSPS) is 15.6. The highest BCUT2D eigenvalue weighted by Gasteiger charge is 2.27. The summed E-state index contributed by atoms with van der Waals surface area (Å²) in [6.07, 6.45) is 0.830. The van der Waals surface area contributed by atoms with Gasteiger partial charge in [0.15, 0.2) is 0 Å². The molecular weight excluding hydrogens is 275 g/mol. The third-order valence-corrected chi connectivity index (χ3v) is 3.71. The molecule has 1 fully saturated rings. The number of nitrogens with one attached hydrogen (secondary N) is 1. The molecule has 1 aliphatic heterocycles.